The number of aliphatic imine (C=N–C) groups is 1. The van der Waals surface area contributed by atoms with Gasteiger partial charge < -0.3 is 4.74 Å². The Morgan fingerprint density at radius 3 is 2.17 bits per heavy atom. The Hall–Kier alpha value is -3.80. The highest BCUT2D eigenvalue weighted by molar-refractivity contribution is 6.33. The second-order valence-corrected chi connectivity index (χ2v) is 6.33. The normalized spacial score (nSPS) is 15.0. The first kappa shape index (κ1) is 18.6. The van der Waals surface area contributed by atoms with Crippen LogP contribution in [-0.4, -0.2) is 18.9 Å². The van der Waals surface area contributed by atoms with E-state index in [1.807, 2.05) is 12.1 Å². The van der Waals surface area contributed by atoms with Crippen molar-refractivity contribution in [2.75, 3.05) is 12.0 Å². The summed E-state index contributed by atoms with van der Waals surface area (Å²) in [6.07, 6.45) is 1.58. The molecular formula is C23H16F2N2O2. The summed E-state index contributed by atoms with van der Waals surface area (Å²) in [5, 5.41) is 0. The van der Waals surface area contributed by atoms with Crippen LogP contribution in [0, 0.1) is 11.6 Å². The Kier molecular flexibility index (Phi) is 4.91. The standard InChI is InChI=1S/C23H16F2N2O2/c1-29-21-5-3-2-4-19(21)22-26-20(14-15-6-8-16(24)9-7-15)23(28)27(22)18-12-10-17(25)11-13-18/h2-14H,1H3/b20-14+. The van der Waals surface area contributed by atoms with Crippen molar-refractivity contribution in [3.8, 4) is 5.75 Å². The molecule has 0 unspecified atom stereocenters. The zero-order valence-corrected chi connectivity index (χ0v) is 15.5. The van der Waals surface area contributed by atoms with Crippen LogP contribution >= 0.6 is 0 Å². The molecule has 0 fully saturated rings. The number of carbonyl (C=O) groups is 1. The van der Waals surface area contributed by atoms with Gasteiger partial charge in [-0.3, -0.25) is 9.69 Å². The topological polar surface area (TPSA) is 41.9 Å². The van der Waals surface area contributed by atoms with Crippen LogP contribution in [0.2, 0.25) is 0 Å². The van der Waals surface area contributed by atoms with Crippen LogP contribution in [-0.2, 0) is 4.79 Å². The summed E-state index contributed by atoms with van der Waals surface area (Å²) in [6, 6.07) is 18.5. The molecule has 4 nitrogen and oxygen atoms in total. The van der Waals surface area contributed by atoms with Crippen molar-refractivity contribution in [3.63, 3.8) is 0 Å². The summed E-state index contributed by atoms with van der Waals surface area (Å²) in [5.41, 5.74) is 1.92. The van der Waals surface area contributed by atoms with E-state index in [-0.39, 0.29) is 17.4 Å². The highest BCUT2D eigenvalue weighted by Gasteiger charge is 2.33. The van der Waals surface area contributed by atoms with E-state index in [1.54, 1.807) is 30.3 Å². The number of halogens is 2. The molecule has 0 spiro atoms. The third kappa shape index (κ3) is 3.65. The molecule has 0 bridgehead atoms. The molecule has 0 N–H and O–H groups in total. The molecule has 1 amide bonds. The van der Waals surface area contributed by atoms with E-state index in [0.717, 1.165) is 0 Å². The largest absolute Gasteiger partial charge is 0.496 e. The van der Waals surface area contributed by atoms with Crippen LogP contribution in [0.3, 0.4) is 0 Å². The van der Waals surface area contributed by atoms with Crippen LogP contribution in [0.15, 0.2) is 83.5 Å². The maximum absolute atomic E-state index is 13.4. The SMILES string of the molecule is COc1ccccc1C1=N/C(=C/c2ccc(F)cc2)C(=O)N1c1ccc(F)cc1. The minimum absolute atomic E-state index is 0.182. The lowest BCUT2D eigenvalue weighted by atomic mass is 10.1. The molecule has 4 rings (SSSR count). The Bertz CT molecular complexity index is 1120. The van der Waals surface area contributed by atoms with E-state index >= 15 is 0 Å². The molecule has 0 saturated carbocycles. The van der Waals surface area contributed by atoms with Crippen LogP contribution in [0.5, 0.6) is 5.75 Å². The average Bonchev–Trinajstić information content (AvgIpc) is 3.06. The number of ether oxygens (including phenoxy) is 1. The molecule has 144 valence electrons. The van der Waals surface area contributed by atoms with Gasteiger partial charge in [-0.15, -0.1) is 0 Å². The molecule has 0 saturated heterocycles. The number of carbonyl (C=O) groups excluding carboxylic acids is 1. The number of nitrogens with zero attached hydrogens (tertiary/aromatic N) is 2. The number of methoxy groups -OCH3 is 1. The number of hydrogen-bond acceptors (Lipinski definition) is 3. The van der Waals surface area contributed by atoms with Gasteiger partial charge in [-0.05, 0) is 60.2 Å². The lowest BCUT2D eigenvalue weighted by molar-refractivity contribution is -0.113. The number of para-hydroxylation sites is 1. The molecule has 1 aliphatic heterocycles. The van der Waals surface area contributed by atoms with Crippen molar-refractivity contribution in [3.05, 3.63) is 101 Å². The molecule has 0 aliphatic carbocycles. The van der Waals surface area contributed by atoms with E-state index in [1.165, 1.54) is 48.4 Å². The van der Waals surface area contributed by atoms with E-state index in [2.05, 4.69) is 4.99 Å². The Labute approximate surface area is 166 Å². The minimum atomic E-state index is -0.404. The number of benzene rings is 3. The molecular weight excluding hydrogens is 374 g/mol. The predicted octanol–water partition coefficient (Wildman–Crippen LogP) is 4.81. The molecule has 1 aliphatic rings. The highest BCUT2D eigenvalue weighted by atomic mass is 19.1. The highest BCUT2D eigenvalue weighted by Crippen LogP contribution is 2.31. The number of anilines is 1. The van der Waals surface area contributed by atoms with Crippen LogP contribution in [0.4, 0.5) is 14.5 Å². The first-order chi connectivity index (χ1) is 14.1. The summed E-state index contributed by atoms with van der Waals surface area (Å²) in [4.78, 5) is 19.1. The first-order valence-corrected chi connectivity index (χ1v) is 8.86. The zero-order valence-electron chi connectivity index (χ0n) is 15.5. The maximum atomic E-state index is 13.4. The summed E-state index contributed by atoms with van der Waals surface area (Å²) in [5.74, 6) is -0.224. The van der Waals surface area contributed by atoms with Crippen LogP contribution in [0.25, 0.3) is 6.08 Å². The van der Waals surface area contributed by atoms with Gasteiger partial charge in [0.15, 0.2) is 5.84 Å². The molecule has 6 heteroatoms. The van der Waals surface area contributed by atoms with E-state index in [0.29, 0.717) is 28.4 Å². The van der Waals surface area contributed by atoms with Gasteiger partial charge in [0.1, 0.15) is 23.1 Å². The molecule has 3 aromatic carbocycles. The van der Waals surface area contributed by atoms with Gasteiger partial charge in [-0.1, -0.05) is 24.3 Å². The predicted molar refractivity (Wildman–Crippen MR) is 108 cm³/mol. The van der Waals surface area contributed by atoms with Crippen molar-refractivity contribution in [1.82, 2.24) is 0 Å². The van der Waals surface area contributed by atoms with E-state index in [4.69, 9.17) is 4.74 Å². The lowest BCUT2D eigenvalue weighted by Crippen LogP contribution is -2.32. The molecule has 29 heavy (non-hydrogen) atoms. The summed E-state index contributed by atoms with van der Waals surface area (Å²) < 4.78 is 32.0. The van der Waals surface area contributed by atoms with Gasteiger partial charge in [0.05, 0.1) is 18.4 Å². The molecule has 3 aromatic rings. The van der Waals surface area contributed by atoms with Gasteiger partial charge in [0.25, 0.3) is 5.91 Å². The van der Waals surface area contributed by atoms with Gasteiger partial charge >= 0.3 is 0 Å². The number of hydrogen-bond donors (Lipinski definition) is 0. The van der Waals surface area contributed by atoms with Gasteiger partial charge in [0, 0.05) is 0 Å². The van der Waals surface area contributed by atoms with Crippen LogP contribution in [0.1, 0.15) is 11.1 Å². The second kappa shape index (κ2) is 7.67. The Morgan fingerprint density at radius 2 is 1.52 bits per heavy atom. The van der Waals surface area contributed by atoms with E-state index in [9.17, 15) is 13.6 Å². The molecule has 0 radical (unpaired) electrons. The second-order valence-electron chi connectivity index (χ2n) is 6.33. The fraction of sp³-hybridized carbons (Fsp3) is 0.0435. The fourth-order valence-corrected chi connectivity index (χ4v) is 3.07. The van der Waals surface area contributed by atoms with Crippen molar-refractivity contribution in [1.29, 1.82) is 0 Å². The van der Waals surface area contributed by atoms with Gasteiger partial charge in [-0.2, -0.15) is 0 Å². The number of amides is 1. The molecule has 0 atom stereocenters. The molecule has 0 aromatic heterocycles. The van der Waals surface area contributed by atoms with Crippen molar-refractivity contribution in [2.24, 2.45) is 4.99 Å². The summed E-state index contributed by atoms with van der Waals surface area (Å²) in [7, 11) is 1.54. The molecule has 1 heterocycles. The number of rotatable bonds is 4. The third-order valence-electron chi connectivity index (χ3n) is 4.47. The first-order valence-electron chi connectivity index (χ1n) is 8.86. The smallest absolute Gasteiger partial charge is 0.282 e. The van der Waals surface area contributed by atoms with Gasteiger partial charge in [0.2, 0.25) is 0 Å². The zero-order chi connectivity index (χ0) is 20.4. The summed E-state index contributed by atoms with van der Waals surface area (Å²) in [6.45, 7) is 0. The van der Waals surface area contributed by atoms with E-state index < -0.39 is 5.82 Å². The van der Waals surface area contributed by atoms with Crippen molar-refractivity contribution >= 4 is 23.5 Å². The van der Waals surface area contributed by atoms with Crippen LogP contribution < -0.4 is 9.64 Å². The fourth-order valence-electron chi connectivity index (χ4n) is 3.07. The third-order valence-corrected chi connectivity index (χ3v) is 4.47. The monoisotopic (exact) mass is 390 g/mol. The average molecular weight is 390 g/mol. The quantitative estimate of drug-likeness (QED) is 0.600. The van der Waals surface area contributed by atoms with Crippen molar-refractivity contribution in [2.45, 2.75) is 0 Å². The minimum Gasteiger partial charge on any atom is -0.496 e. The van der Waals surface area contributed by atoms with Crippen molar-refractivity contribution < 1.29 is 18.3 Å². The maximum Gasteiger partial charge on any atom is 0.282 e. The Morgan fingerprint density at radius 1 is 0.897 bits per heavy atom. The Balaban J connectivity index is 1.85. The summed E-state index contributed by atoms with van der Waals surface area (Å²) >= 11 is 0. The lowest BCUT2D eigenvalue weighted by Gasteiger charge is -2.19. The number of amidine groups is 1. The van der Waals surface area contributed by atoms with Gasteiger partial charge in [-0.25, -0.2) is 13.8 Å².